The van der Waals surface area contributed by atoms with E-state index < -0.39 is 34.0 Å². The van der Waals surface area contributed by atoms with E-state index in [-0.39, 0.29) is 23.7 Å². The average molecular weight is 484 g/mol. The van der Waals surface area contributed by atoms with E-state index in [0.717, 1.165) is 5.56 Å². The van der Waals surface area contributed by atoms with Gasteiger partial charge in [-0.3, -0.25) is 4.79 Å². The number of ether oxygens (including phenoxy) is 1. The lowest BCUT2D eigenvalue weighted by Gasteiger charge is -2.23. The Kier molecular flexibility index (Phi) is 6.72. The molecule has 6 nitrogen and oxygen atoms in total. The number of hydrogen-bond donors (Lipinski definition) is 1. The summed E-state index contributed by atoms with van der Waals surface area (Å²) in [5, 5.41) is 9.93. The number of aliphatic hydroxyl groups is 1. The van der Waals surface area contributed by atoms with Crippen LogP contribution in [-0.2, 0) is 19.6 Å². The van der Waals surface area contributed by atoms with E-state index in [9.17, 15) is 22.7 Å². The lowest BCUT2D eigenvalue weighted by molar-refractivity contribution is -0.156. The number of halogens is 1. The van der Waals surface area contributed by atoms with Gasteiger partial charge in [-0.25, -0.2) is 16.8 Å². The van der Waals surface area contributed by atoms with Gasteiger partial charge in [-0.15, -0.1) is 0 Å². The van der Waals surface area contributed by atoms with Gasteiger partial charge in [-0.1, -0.05) is 38.1 Å². The molecule has 2 unspecified atom stereocenters. The van der Waals surface area contributed by atoms with Crippen molar-refractivity contribution < 1.29 is 27.4 Å². The lowest BCUT2D eigenvalue weighted by atomic mass is 9.96. The summed E-state index contributed by atoms with van der Waals surface area (Å²) in [6, 6.07) is 13.7. The monoisotopic (exact) mass is 483 g/mol. The van der Waals surface area contributed by atoms with E-state index in [0.29, 0.717) is 16.8 Å². The predicted molar refractivity (Wildman–Crippen MR) is 127 cm³/mol. The molecule has 8 heteroatoms. The van der Waals surface area contributed by atoms with Crippen molar-refractivity contribution in [3.63, 3.8) is 0 Å². The Labute approximate surface area is 198 Å². The fourth-order valence-electron chi connectivity index (χ4n) is 4.07. The molecular formula is C26H26FNO5S. The van der Waals surface area contributed by atoms with Crippen LogP contribution < -0.4 is 0 Å². The first-order valence-electron chi connectivity index (χ1n) is 11.0. The lowest BCUT2D eigenvalue weighted by Crippen LogP contribution is -2.31. The van der Waals surface area contributed by atoms with E-state index in [4.69, 9.17) is 4.74 Å². The van der Waals surface area contributed by atoms with E-state index in [2.05, 4.69) is 0 Å². The number of carbonyl (C=O) groups is 1. The second kappa shape index (κ2) is 9.56. The molecule has 0 bridgehead atoms. The molecule has 3 aromatic rings. The van der Waals surface area contributed by atoms with Crippen LogP contribution in [0, 0.1) is 5.82 Å². The zero-order valence-corrected chi connectivity index (χ0v) is 19.7. The third-order valence-corrected chi connectivity index (χ3v) is 7.42. The van der Waals surface area contributed by atoms with Crippen LogP contribution in [0.1, 0.15) is 43.7 Å². The number of rotatable bonds is 6. The van der Waals surface area contributed by atoms with Gasteiger partial charge in [0.15, 0.2) is 0 Å². The number of cyclic esters (lactones) is 1. The molecule has 2 atom stereocenters. The molecule has 2 aromatic carbocycles. The SMILES string of the molecule is CC(C)c1cn(S(=O)(=O)c2ccccc2)c(-c2ccc(F)cc2)c1/C=C/C1CC(O)CC(=O)O1. The standard InChI is InChI=1S/C26H26FNO5S/c1-17(2)24-16-28(34(31,32)22-6-4-3-5-7-22)26(18-8-10-19(27)11-9-18)23(24)13-12-21-14-20(29)15-25(30)33-21/h3-13,16-17,20-21,29H,14-15H2,1-2H3/b13-12+. The molecule has 1 aliphatic rings. The second-order valence-corrected chi connectivity index (χ2v) is 10.4. The first kappa shape index (κ1) is 23.9. The van der Waals surface area contributed by atoms with Crippen LogP contribution in [0.3, 0.4) is 0 Å². The van der Waals surface area contributed by atoms with E-state index in [1.807, 2.05) is 13.8 Å². The number of aliphatic hydroxyl groups excluding tert-OH is 1. The Morgan fingerprint density at radius 1 is 1.12 bits per heavy atom. The van der Waals surface area contributed by atoms with Gasteiger partial charge in [0, 0.05) is 23.7 Å². The van der Waals surface area contributed by atoms with Crippen molar-refractivity contribution >= 4 is 22.1 Å². The van der Waals surface area contributed by atoms with Crippen LogP contribution in [0.5, 0.6) is 0 Å². The van der Waals surface area contributed by atoms with E-state index >= 15 is 0 Å². The molecule has 0 aliphatic carbocycles. The van der Waals surface area contributed by atoms with Crippen LogP contribution in [-0.4, -0.2) is 35.7 Å². The van der Waals surface area contributed by atoms with Gasteiger partial charge < -0.3 is 9.84 Å². The first-order chi connectivity index (χ1) is 16.2. The number of nitrogens with zero attached hydrogens (tertiary/aromatic N) is 1. The number of esters is 1. The molecule has 0 amide bonds. The molecule has 1 aromatic heterocycles. The van der Waals surface area contributed by atoms with Gasteiger partial charge in [-0.2, -0.15) is 0 Å². The Balaban J connectivity index is 1.92. The summed E-state index contributed by atoms with van der Waals surface area (Å²) in [6.07, 6.45) is 3.76. The topological polar surface area (TPSA) is 85.6 Å². The van der Waals surface area contributed by atoms with Crippen LogP contribution >= 0.6 is 0 Å². The molecule has 0 saturated carbocycles. The van der Waals surface area contributed by atoms with Crippen molar-refractivity contribution in [1.82, 2.24) is 3.97 Å². The summed E-state index contributed by atoms with van der Waals surface area (Å²) >= 11 is 0. The maximum atomic E-state index is 13.7. The number of aromatic nitrogens is 1. The molecule has 0 radical (unpaired) electrons. The third kappa shape index (κ3) is 4.83. The van der Waals surface area contributed by atoms with Crippen LogP contribution in [0.4, 0.5) is 4.39 Å². The molecule has 1 N–H and O–H groups in total. The molecule has 2 heterocycles. The third-order valence-electron chi connectivity index (χ3n) is 5.75. The van der Waals surface area contributed by atoms with Crippen molar-refractivity contribution in [2.45, 2.75) is 49.7 Å². The minimum Gasteiger partial charge on any atom is -0.458 e. The average Bonchev–Trinajstić information content (AvgIpc) is 3.19. The zero-order valence-electron chi connectivity index (χ0n) is 18.9. The number of carbonyl (C=O) groups excluding carboxylic acids is 1. The first-order valence-corrected chi connectivity index (χ1v) is 12.5. The highest BCUT2D eigenvalue weighted by Crippen LogP contribution is 2.36. The van der Waals surface area contributed by atoms with Gasteiger partial charge in [0.2, 0.25) is 0 Å². The highest BCUT2D eigenvalue weighted by atomic mass is 32.2. The van der Waals surface area contributed by atoms with Gasteiger partial charge in [0.1, 0.15) is 11.9 Å². The largest absolute Gasteiger partial charge is 0.458 e. The molecule has 1 fully saturated rings. The van der Waals surface area contributed by atoms with Gasteiger partial charge in [0.05, 0.1) is 23.1 Å². The van der Waals surface area contributed by atoms with Crippen molar-refractivity contribution in [1.29, 1.82) is 0 Å². The minimum absolute atomic E-state index is 0.0365. The Hall–Kier alpha value is -3.23. The minimum atomic E-state index is -3.96. The zero-order chi connectivity index (χ0) is 24.5. The summed E-state index contributed by atoms with van der Waals surface area (Å²) in [5.41, 5.74) is 2.29. The van der Waals surface area contributed by atoms with E-state index in [1.165, 1.54) is 40.4 Å². The van der Waals surface area contributed by atoms with Crippen molar-refractivity contribution in [2.75, 3.05) is 0 Å². The van der Waals surface area contributed by atoms with Crippen molar-refractivity contribution in [3.05, 3.63) is 83.8 Å². The number of hydrogen-bond acceptors (Lipinski definition) is 5. The molecule has 1 aliphatic heterocycles. The summed E-state index contributed by atoms with van der Waals surface area (Å²) in [6.45, 7) is 3.90. The maximum absolute atomic E-state index is 13.7. The summed E-state index contributed by atoms with van der Waals surface area (Å²) in [5.74, 6) is -0.955. The van der Waals surface area contributed by atoms with Crippen molar-refractivity contribution in [3.8, 4) is 11.3 Å². The normalized spacial score (nSPS) is 19.0. The second-order valence-electron chi connectivity index (χ2n) is 8.60. The molecule has 34 heavy (non-hydrogen) atoms. The molecule has 0 spiro atoms. The molecular weight excluding hydrogens is 457 g/mol. The number of benzene rings is 2. The van der Waals surface area contributed by atoms with E-state index in [1.54, 1.807) is 36.5 Å². The fraction of sp³-hybridized carbons (Fsp3) is 0.269. The summed E-state index contributed by atoms with van der Waals surface area (Å²) in [4.78, 5) is 11.9. The molecule has 4 rings (SSSR count). The van der Waals surface area contributed by atoms with Gasteiger partial charge in [-0.05, 0) is 54.0 Å². The fourth-order valence-corrected chi connectivity index (χ4v) is 5.49. The van der Waals surface area contributed by atoms with Crippen LogP contribution in [0.25, 0.3) is 17.3 Å². The summed E-state index contributed by atoms with van der Waals surface area (Å²) in [7, 11) is -3.96. The smallest absolute Gasteiger partial charge is 0.309 e. The quantitative estimate of drug-likeness (QED) is 0.512. The Morgan fingerprint density at radius 2 is 1.79 bits per heavy atom. The maximum Gasteiger partial charge on any atom is 0.309 e. The highest BCUT2D eigenvalue weighted by molar-refractivity contribution is 7.90. The van der Waals surface area contributed by atoms with Crippen LogP contribution in [0.15, 0.2) is 71.8 Å². The highest BCUT2D eigenvalue weighted by Gasteiger charge is 2.28. The predicted octanol–water partition coefficient (Wildman–Crippen LogP) is 4.73. The Bertz CT molecular complexity index is 1310. The van der Waals surface area contributed by atoms with Gasteiger partial charge in [0.25, 0.3) is 10.0 Å². The van der Waals surface area contributed by atoms with Crippen LogP contribution in [0.2, 0.25) is 0 Å². The van der Waals surface area contributed by atoms with Gasteiger partial charge >= 0.3 is 5.97 Å². The molecule has 178 valence electrons. The Morgan fingerprint density at radius 3 is 2.41 bits per heavy atom. The molecule has 1 saturated heterocycles. The summed E-state index contributed by atoms with van der Waals surface area (Å²) < 4.78 is 47.5. The van der Waals surface area contributed by atoms with Crippen molar-refractivity contribution in [2.24, 2.45) is 0 Å².